The lowest BCUT2D eigenvalue weighted by atomic mass is 10.2. The largest absolute Gasteiger partial charge is 0.416 e. The molecule has 96 valence electrons. The van der Waals surface area contributed by atoms with Gasteiger partial charge in [0, 0.05) is 11.8 Å². The molecule has 0 unspecified atom stereocenters. The van der Waals surface area contributed by atoms with E-state index in [-0.39, 0.29) is 6.61 Å². The quantitative estimate of drug-likeness (QED) is 0.897. The first-order valence-corrected chi connectivity index (χ1v) is 5.25. The van der Waals surface area contributed by atoms with E-state index in [4.69, 9.17) is 5.11 Å². The van der Waals surface area contributed by atoms with Gasteiger partial charge in [-0.05, 0) is 25.1 Å². The number of aliphatic hydroxyl groups is 1. The van der Waals surface area contributed by atoms with Gasteiger partial charge < -0.3 is 5.11 Å². The van der Waals surface area contributed by atoms with E-state index in [1.165, 1.54) is 23.0 Å². The fourth-order valence-corrected chi connectivity index (χ4v) is 1.61. The second kappa shape index (κ2) is 4.45. The zero-order valence-corrected chi connectivity index (χ0v) is 9.57. The summed E-state index contributed by atoms with van der Waals surface area (Å²) in [5.41, 5.74) is 0.772. The molecule has 0 aliphatic heterocycles. The molecule has 1 aromatic heterocycles. The fraction of sp³-hybridized carbons (Fsp3) is 0.250. The fourth-order valence-electron chi connectivity index (χ4n) is 1.61. The zero-order valence-electron chi connectivity index (χ0n) is 9.57. The molecule has 1 heterocycles. The minimum absolute atomic E-state index is 0.190. The molecule has 0 aliphatic rings. The van der Waals surface area contributed by atoms with Gasteiger partial charge in [-0.15, -0.1) is 0 Å². The Balaban J connectivity index is 2.44. The Bertz CT molecular complexity index is 561. The Morgan fingerprint density at radius 1 is 1.33 bits per heavy atom. The molecular formula is C12H11F3N2O. The van der Waals surface area contributed by atoms with E-state index in [1.807, 2.05) is 0 Å². The molecule has 2 rings (SSSR count). The number of rotatable bonds is 2. The number of hydrogen-bond acceptors (Lipinski definition) is 2. The summed E-state index contributed by atoms with van der Waals surface area (Å²) in [5.74, 6) is 0. The van der Waals surface area contributed by atoms with Crippen molar-refractivity contribution in [2.24, 2.45) is 0 Å². The third-order valence-corrected chi connectivity index (χ3v) is 2.61. The summed E-state index contributed by atoms with van der Waals surface area (Å²) in [4.78, 5) is 0. The lowest BCUT2D eigenvalue weighted by molar-refractivity contribution is -0.137. The van der Waals surface area contributed by atoms with Crippen LogP contribution in [0.5, 0.6) is 0 Å². The molecule has 0 atom stereocenters. The molecule has 3 nitrogen and oxygen atoms in total. The van der Waals surface area contributed by atoms with Crippen LogP contribution in [0.25, 0.3) is 5.69 Å². The molecule has 0 aliphatic carbocycles. The number of aliphatic hydroxyl groups excluding tert-OH is 1. The number of aryl methyl sites for hydroxylation is 1. The first-order chi connectivity index (χ1) is 8.41. The van der Waals surface area contributed by atoms with Crippen LogP contribution >= 0.6 is 0 Å². The van der Waals surface area contributed by atoms with Gasteiger partial charge in [-0.1, -0.05) is 6.07 Å². The van der Waals surface area contributed by atoms with Crippen LogP contribution in [-0.4, -0.2) is 14.9 Å². The maximum atomic E-state index is 12.6. The molecule has 0 saturated carbocycles. The summed E-state index contributed by atoms with van der Waals surface area (Å²) >= 11 is 0. The predicted octanol–water partition coefficient (Wildman–Crippen LogP) is 2.69. The standard InChI is InChI=1S/C12H11F3N2O/c1-8-9(7-18)6-17(16-8)11-4-2-3-10(5-11)12(13,14)15/h2-6,18H,7H2,1H3. The van der Waals surface area contributed by atoms with Gasteiger partial charge in [0.15, 0.2) is 0 Å². The van der Waals surface area contributed by atoms with Crippen molar-refractivity contribution in [1.82, 2.24) is 9.78 Å². The monoisotopic (exact) mass is 256 g/mol. The van der Waals surface area contributed by atoms with Crippen molar-refractivity contribution in [3.8, 4) is 5.69 Å². The van der Waals surface area contributed by atoms with Gasteiger partial charge >= 0.3 is 6.18 Å². The van der Waals surface area contributed by atoms with Crippen molar-refractivity contribution in [3.05, 3.63) is 47.3 Å². The number of aromatic nitrogens is 2. The minimum Gasteiger partial charge on any atom is -0.392 e. The number of alkyl halides is 3. The molecule has 1 aromatic carbocycles. The molecule has 6 heteroatoms. The van der Waals surface area contributed by atoms with Crippen molar-refractivity contribution in [2.75, 3.05) is 0 Å². The Labute approximate surface area is 101 Å². The number of benzene rings is 1. The highest BCUT2D eigenvalue weighted by Crippen LogP contribution is 2.30. The number of halogens is 3. The van der Waals surface area contributed by atoms with Crippen molar-refractivity contribution < 1.29 is 18.3 Å². The molecule has 0 amide bonds. The topological polar surface area (TPSA) is 38.0 Å². The first kappa shape index (κ1) is 12.6. The Kier molecular flexibility index (Phi) is 3.13. The average molecular weight is 256 g/mol. The van der Waals surface area contributed by atoms with E-state index in [1.54, 1.807) is 6.92 Å². The highest BCUT2D eigenvalue weighted by Gasteiger charge is 2.30. The molecular weight excluding hydrogens is 245 g/mol. The summed E-state index contributed by atoms with van der Waals surface area (Å²) < 4.78 is 39.0. The summed E-state index contributed by atoms with van der Waals surface area (Å²) in [6.07, 6.45) is -2.86. The van der Waals surface area contributed by atoms with E-state index in [0.29, 0.717) is 16.9 Å². The SMILES string of the molecule is Cc1nn(-c2cccc(C(F)(F)F)c2)cc1CO. The first-order valence-electron chi connectivity index (χ1n) is 5.25. The van der Waals surface area contributed by atoms with Gasteiger partial charge in [0.25, 0.3) is 0 Å². The molecule has 2 aromatic rings. The molecule has 0 saturated heterocycles. The van der Waals surface area contributed by atoms with Gasteiger partial charge in [-0.25, -0.2) is 4.68 Å². The molecule has 18 heavy (non-hydrogen) atoms. The van der Waals surface area contributed by atoms with Gasteiger partial charge in [-0.3, -0.25) is 0 Å². The van der Waals surface area contributed by atoms with Crippen LogP contribution in [-0.2, 0) is 12.8 Å². The average Bonchev–Trinajstić information content (AvgIpc) is 2.70. The van der Waals surface area contributed by atoms with Gasteiger partial charge in [0.1, 0.15) is 0 Å². The van der Waals surface area contributed by atoms with Crippen molar-refractivity contribution in [3.63, 3.8) is 0 Å². The van der Waals surface area contributed by atoms with Crippen LogP contribution in [0.2, 0.25) is 0 Å². The lowest BCUT2D eigenvalue weighted by Gasteiger charge is -2.08. The second-order valence-corrected chi connectivity index (χ2v) is 3.89. The Hall–Kier alpha value is -1.82. The van der Waals surface area contributed by atoms with E-state index in [9.17, 15) is 13.2 Å². The molecule has 0 spiro atoms. The number of nitrogens with zero attached hydrogens (tertiary/aromatic N) is 2. The van der Waals surface area contributed by atoms with Gasteiger partial charge in [-0.2, -0.15) is 18.3 Å². The highest BCUT2D eigenvalue weighted by molar-refractivity contribution is 5.37. The van der Waals surface area contributed by atoms with Crippen LogP contribution in [0.15, 0.2) is 30.5 Å². The van der Waals surface area contributed by atoms with Crippen molar-refractivity contribution >= 4 is 0 Å². The van der Waals surface area contributed by atoms with Gasteiger partial charge in [0.05, 0.1) is 23.6 Å². The third kappa shape index (κ3) is 2.38. The van der Waals surface area contributed by atoms with Crippen LogP contribution in [0.3, 0.4) is 0 Å². The van der Waals surface area contributed by atoms with Crippen LogP contribution in [0.1, 0.15) is 16.8 Å². The molecule has 0 radical (unpaired) electrons. The molecule has 1 N–H and O–H groups in total. The smallest absolute Gasteiger partial charge is 0.392 e. The van der Waals surface area contributed by atoms with Crippen molar-refractivity contribution in [1.29, 1.82) is 0 Å². The Morgan fingerprint density at radius 3 is 2.61 bits per heavy atom. The minimum atomic E-state index is -4.38. The van der Waals surface area contributed by atoms with Crippen molar-refractivity contribution in [2.45, 2.75) is 19.7 Å². The predicted molar refractivity (Wildman–Crippen MR) is 59.2 cm³/mol. The number of hydrogen-bond donors (Lipinski definition) is 1. The Morgan fingerprint density at radius 2 is 2.06 bits per heavy atom. The van der Waals surface area contributed by atoms with Crippen LogP contribution in [0.4, 0.5) is 13.2 Å². The van der Waals surface area contributed by atoms with E-state index >= 15 is 0 Å². The normalized spacial score (nSPS) is 11.8. The summed E-state index contributed by atoms with van der Waals surface area (Å²) in [6, 6.07) is 4.89. The molecule has 0 bridgehead atoms. The van der Waals surface area contributed by atoms with E-state index in [2.05, 4.69) is 5.10 Å². The van der Waals surface area contributed by atoms with Gasteiger partial charge in [0.2, 0.25) is 0 Å². The van der Waals surface area contributed by atoms with E-state index in [0.717, 1.165) is 12.1 Å². The van der Waals surface area contributed by atoms with Crippen LogP contribution < -0.4 is 0 Å². The summed E-state index contributed by atoms with van der Waals surface area (Å²) in [5, 5.41) is 13.1. The highest BCUT2D eigenvalue weighted by atomic mass is 19.4. The maximum Gasteiger partial charge on any atom is 0.416 e. The summed E-state index contributed by atoms with van der Waals surface area (Å²) in [7, 11) is 0. The molecule has 0 fully saturated rings. The van der Waals surface area contributed by atoms with E-state index < -0.39 is 11.7 Å². The third-order valence-electron chi connectivity index (χ3n) is 2.61. The maximum absolute atomic E-state index is 12.6. The lowest BCUT2D eigenvalue weighted by Crippen LogP contribution is -2.06. The summed E-state index contributed by atoms with van der Waals surface area (Å²) in [6.45, 7) is 1.50. The zero-order chi connectivity index (χ0) is 13.3. The van der Waals surface area contributed by atoms with Crippen LogP contribution in [0, 0.1) is 6.92 Å². The second-order valence-electron chi connectivity index (χ2n) is 3.89.